The van der Waals surface area contributed by atoms with Gasteiger partial charge in [-0.1, -0.05) is 48.9 Å². The first-order valence-electron chi connectivity index (χ1n) is 11.0. The lowest BCUT2D eigenvalue weighted by Gasteiger charge is -2.36. The van der Waals surface area contributed by atoms with Crippen molar-refractivity contribution in [2.45, 2.75) is 19.3 Å². The van der Waals surface area contributed by atoms with E-state index in [0.29, 0.717) is 12.1 Å². The molecule has 0 bridgehead atoms. The summed E-state index contributed by atoms with van der Waals surface area (Å²) in [7, 11) is 2.33. The molecule has 186 valence electrons. The first-order chi connectivity index (χ1) is 17.3. The fourth-order valence-electron chi connectivity index (χ4n) is 3.94. The van der Waals surface area contributed by atoms with Crippen LogP contribution in [0.25, 0.3) is 0 Å². The number of methoxy groups -OCH3 is 2. The topological polar surface area (TPSA) is 135 Å². The number of hydrogen-bond acceptors (Lipinski definition) is 8. The molecule has 1 heterocycles. The van der Waals surface area contributed by atoms with Gasteiger partial charge in [-0.15, -0.1) is 0 Å². The minimum Gasteiger partial charge on any atom is -0.466 e. The highest BCUT2D eigenvalue weighted by molar-refractivity contribution is 6.34. The van der Waals surface area contributed by atoms with Crippen molar-refractivity contribution in [3.8, 4) is 6.07 Å². The van der Waals surface area contributed by atoms with Gasteiger partial charge in [0, 0.05) is 12.2 Å². The number of esters is 2. The highest BCUT2D eigenvalue weighted by Crippen LogP contribution is 2.43. The Bertz CT molecular complexity index is 1300. The van der Waals surface area contributed by atoms with Crippen LogP contribution in [0.3, 0.4) is 0 Å². The van der Waals surface area contributed by atoms with Crippen LogP contribution in [0, 0.1) is 11.3 Å². The molecule has 1 unspecified atom stereocenters. The molecule has 0 saturated carbocycles. The van der Waals surface area contributed by atoms with Crippen LogP contribution < -0.4 is 16.0 Å². The molecule has 2 aromatic rings. The van der Waals surface area contributed by atoms with Gasteiger partial charge in [0.05, 0.1) is 47.9 Å². The zero-order chi connectivity index (χ0) is 26.4. The van der Waals surface area contributed by atoms with E-state index >= 15 is 0 Å². The number of benzene rings is 2. The van der Waals surface area contributed by atoms with Crippen LogP contribution in [0.15, 0.2) is 71.2 Å². The second-order valence-corrected chi connectivity index (χ2v) is 8.16. The van der Waals surface area contributed by atoms with Gasteiger partial charge in [-0.2, -0.15) is 5.26 Å². The molecule has 10 heteroatoms. The van der Waals surface area contributed by atoms with Crippen LogP contribution in [0.4, 0.5) is 5.69 Å². The molecule has 1 atom stereocenters. The van der Waals surface area contributed by atoms with Gasteiger partial charge in [0.2, 0.25) is 0 Å². The molecule has 1 amide bonds. The van der Waals surface area contributed by atoms with E-state index in [1.54, 1.807) is 30.3 Å². The quantitative estimate of drug-likeness (QED) is 0.543. The Labute approximate surface area is 213 Å². The van der Waals surface area contributed by atoms with Crippen LogP contribution in [0.5, 0.6) is 0 Å². The zero-order valence-electron chi connectivity index (χ0n) is 20.0. The SMILES string of the molecule is CCCNC(=O)c1ccc(N2C(N)=C(C#N)C(c3ccccc3)C(C(=O)OC)=C2C(=O)OC)cc1Cl. The summed E-state index contributed by atoms with van der Waals surface area (Å²) in [5.41, 5.74) is 7.14. The summed E-state index contributed by atoms with van der Waals surface area (Å²) in [5, 5.41) is 12.9. The minimum atomic E-state index is -0.983. The number of nitrogens with one attached hydrogen (secondary N) is 1. The Balaban J connectivity index is 2.29. The number of amides is 1. The van der Waals surface area contributed by atoms with Crippen molar-refractivity contribution in [1.82, 2.24) is 5.32 Å². The number of allylic oxidation sites excluding steroid dienone is 1. The lowest BCUT2D eigenvalue weighted by atomic mass is 9.81. The number of anilines is 1. The Morgan fingerprint density at radius 1 is 1.11 bits per heavy atom. The average Bonchev–Trinajstić information content (AvgIpc) is 2.90. The number of nitriles is 1. The van der Waals surface area contributed by atoms with Crippen LogP contribution in [-0.4, -0.2) is 38.6 Å². The third-order valence-electron chi connectivity index (χ3n) is 5.60. The molecule has 0 aromatic heterocycles. The Morgan fingerprint density at radius 2 is 1.78 bits per heavy atom. The highest BCUT2D eigenvalue weighted by Gasteiger charge is 2.43. The van der Waals surface area contributed by atoms with Crippen LogP contribution >= 0.6 is 11.6 Å². The molecule has 1 aliphatic rings. The molecule has 1 aliphatic heterocycles. The summed E-state index contributed by atoms with van der Waals surface area (Å²) in [5.74, 6) is -3.16. The van der Waals surface area contributed by atoms with E-state index in [-0.39, 0.29) is 44.8 Å². The van der Waals surface area contributed by atoms with Gasteiger partial charge in [-0.3, -0.25) is 9.69 Å². The number of carbonyl (C=O) groups excluding carboxylic acids is 3. The molecule has 0 fully saturated rings. The second-order valence-electron chi connectivity index (χ2n) is 7.76. The fourth-order valence-corrected chi connectivity index (χ4v) is 4.20. The van der Waals surface area contributed by atoms with Gasteiger partial charge in [0.25, 0.3) is 5.91 Å². The lowest BCUT2D eigenvalue weighted by Crippen LogP contribution is -2.40. The maximum atomic E-state index is 13.1. The van der Waals surface area contributed by atoms with E-state index < -0.39 is 17.9 Å². The number of nitrogens with two attached hydrogens (primary N) is 1. The van der Waals surface area contributed by atoms with E-state index in [9.17, 15) is 19.6 Å². The molecule has 3 rings (SSSR count). The Kier molecular flexibility index (Phi) is 8.35. The smallest absolute Gasteiger partial charge is 0.355 e. The van der Waals surface area contributed by atoms with E-state index in [1.807, 2.05) is 6.92 Å². The summed E-state index contributed by atoms with van der Waals surface area (Å²) in [6.45, 7) is 2.40. The lowest BCUT2D eigenvalue weighted by molar-refractivity contribution is -0.139. The van der Waals surface area contributed by atoms with Crippen molar-refractivity contribution < 1.29 is 23.9 Å². The second kappa shape index (κ2) is 11.4. The molecule has 0 spiro atoms. The molecule has 0 saturated heterocycles. The first-order valence-corrected chi connectivity index (χ1v) is 11.4. The third kappa shape index (κ3) is 4.90. The summed E-state index contributed by atoms with van der Waals surface area (Å²) in [4.78, 5) is 39.8. The fraction of sp³-hybridized carbons (Fsp3) is 0.231. The third-order valence-corrected chi connectivity index (χ3v) is 5.91. The number of nitrogens with zero attached hydrogens (tertiary/aromatic N) is 2. The van der Waals surface area contributed by atoms with Gasteiger partial charge in [-0.25, -0.2) is 9.59 Å². The van der Waals surface area contributed by atoms with Crippen molar-refractivity contribution in [3.05, 3.63) is 87.3 Å². The van der Waals surface area contributed by atoms with Gasteiger partial charge in [0.1, 0.15) is 11.5 Å². The predicted molar refractivity (Wildman–Crippen MR) is 134 cm³/mol. The van der Waals surface area contributed by atoms with E-state index in [0.717, 1.165) is 13.5 Å². The van der Waals surface area contributed by atoms with Gasteiger partial charge >= 0.3 is 11.9 Å². The monoisotopic (exact) mass is 508 g/mol. The van der Waals surface area contributed by atoms with Crippen molar-refractivity contribution >= 4 is 35.1 Å². The summed E-state index contributed by atoms with van der Waals surface area (Å²) >= 11 is 6.42. The molecule has 36 heavy (non-hydrogen) atoms. The largest absolute Gasteiger partial charge is 0.466 e. The zero-order valence-corrected chi connectivity index (χ0v) is 20.8. The van der Waals surface area contributed by atoms with Crippen molar-refractivity contribution in [3.63, 3.8) is 0 Å². The number of rotatable bonds is 7. The molecule has 0 aliphatic carbocycles. The highest BCUT2D eigenvalue weighted by atomic mass is 35.5. The molecule has 2 aromatic carbocycles. The minimum absolute atomic E-state index is 0.0233. The number of ether oxygens (including phenoxy) is 2. The molecule has 3 N–H and O–H groups in total. The van der Waals surface area contributed by atoms with Crippen molar-refractivity contribution in [2.75, 3.05) is 25.7 Å². The number of carbonyl (C=O) groups is 3. The van der Waals surface area contributed by atoms with Crippen LogP contribution in [-0.2, 0) is 19.1 Å². The summed E-state index contributed by atoms with van der Waals surface area (Å²) < 4.78 is 10.0. The van der Waals surface area contributed by atoms with Crippen molar-refractivity contribution in [2.24, 2.45) is 5.73 Å². The average molecular weight is 509 g/mol. The van der Waals surface area contributed by atoms with Gasteiger partial charge in [-0.05, 0) is 30.2 Å². The van der Waals surface area contributed by atoms with E-state index in [4.69, 9.17) is 26.8 Å². The van der Waals surface area contributed by atoms with Crippen LogP contribution in [0.2, 0.25) is 5.02 Å². The standard InChI is InChI=1S/C26H25ClN4O5/c1-4-12-30-24(32)17-11-10-16(13-19(17)27)31-22(26(34)36-3)21(25(33)35-2)20(18(14-28)23(31)29)15-8-6-5-7-9-15/h5-11,13,20H,4,12,29H2,1-3H3,(H,30,32). The Morgan fingerprint density at radius 3 is 2.33 bits per heavy atom. The first kappa shape index (κ1) is 26.3. The molecule has 9 nitrogen and oxygen atoms in total. The summed E-state index contributed by atoms with van der Waals surface area (Å²) in [6, 6.07) is 15.2. The molecular weight excluding hydrogens is 484 g/mol. The predicted octanol–water partition coefficient (Wildman–Crippen LogP) is 3.38. The number of hydrogen-bond donors (Lipinski definition) is 2. The van der Waals surface area contributed by atoms with Gasteiger partial charge < -0.3 is 20.5 Å². The molecule has 0 radical (unpaired) electrons. The molecular formula is C26H25ClN4O5. The van der Waals surface area contributed by atoms with E-state index in [1.165, 1.54) is 30.2 Å². The maximum Gasteiger partial charge on any atom is 0.355 e. The summed E-state index contributed by atoms with van der Waals surface area (Å²) in [6.07, 6.45) is 0.750. The normalized spacial score (nSPS) is 15.3. The van der Waals surface area contributed by atoms with Crippen LogP contribution in [0.1, 0.15) is 35.2 Å². The van der Waals surface area contributed by atoms with E-state index in [2.05, 4.69) is 11.4 Å². The number of halogens is 1. The van der Waals surface area contributed by atoms with Crippen molar-refractivity contribution in [1.29, 1.82) is 5.26 Å². The Hall–Kier alpha value is -4.29. The van der Waals surface area contributed by atoms with Gasteiger partial charge in [0.15, 0.2) is 0 Å². The maximum absolute atomic E-state index is 13.1.